The number of ether oxygens (including phenoxy) is 1. The van der Waals surface area contributed by atoms with E-state index in [2.05, 4.69) is 31.3 Å². The van der Waals surface area contributed by atoms with Crippen LogP contribution in [-0.2, 0) is 11.2 Å². The summed E-state index contributed by atoms with van der Waals surface area (Å²) in [6.45, 7) is 4.92. The molecule has 0 atom stereocenters. The number of hydrogen-bond donors (Lipinski definition) is 2. The molecule has 0 aliphatic heterocycles. The van der Waals surface area contributed by atoms with Crippen molar-refractivity contribution in [2.24, 2.45) is 5.73 Å². The van der Waals surface area contributed by atoms with Crippen LogP contribution in [0.25, 0.3) is 0 Å². The molecule has 0 aliphatic rings. The Morgan fingerprint density at radius 3 is 2.72 bits per heavy atom. The Labute approximate surface area is 109 Å². The Bertz CT molecular complexity index is 403. The highest BCUT2D eigenvalue weighted by molar-refractivity contribution is 5.77. The molecule has 1 aromatic carbocycles. The van der Waals surface area contributed by atoms with Gasteiger partial charge in [-0.1, -0.05) is 26.0 Å². The van der Waals surface area contributed by atoms with Crippen molar-refractivity contribution >= 4 is 5.91 Å². The van der Waals surface area contributed by atoms with Crippen molar-refractivity contribution in [2.75, 3.05) is 20.2 Å². The van der Waals surface area contributed by atoms with E-state index in [-0.39, 0.29) is 12.5 Å². The number of benzene rings is 1. The molecule has 3 N–H and O–H groups in total. The molecule has 1 amide bonds. The fourth-order valence-corrected chi connectivity index (χ4v) is 1.76. The third-order valence-corrected chi connectivity index (χ3v) is 2.87. The average molecular weight is 250 g/mol. The summed E-state index contributed by atoms with van der Waals surface area (Å²) in [5, 5.41) is 2.76. The number of amides is 1. The minimum atomic E-state index is -0.131. The highest BCUT2D eigenvalue weighted by Crippen LogP contribution is 2.24. The molecule has 0 heterocycles. The van der Waals surface area contributed by atoms with E-state index < -0.39 is 0 Å². The van der Waals surface area contributed by atoms with E-state index in [0.717, 1.165) is 17.7 Å². The van der Waals surface area contributed by atoms with E-state index >= 15 is 0 Å². The molecule has 0 radical (unpaired) electrons. The van der Waals surface area contributed by atoms with Gasteiger partial charge in [0.1, 0.15) is 5.75 Å². The molecular weight excluding hydrogens is 228 g/mol. The van der Waals surface area contributed by atoms with Crippen molar-refractivity contribution in [3.63, 3.8) is 0 Å². The number of methoxy groups -OCH3 is 1. The first-order chi connectivity index (χ1) is 8.58. The van der Waals surface area contributed by atoms with Gasteiger partial charge in [-0.05, 0) is 29.5 Å². The van der Waals surface area contributed by atoms with E-state index in [1.807, 2.05) is 6.07 Å². The number of rotatable bonds is 6. The topological polar surface area (TPSA) is 64.3 Å². The summed E-state index contributed by atoms with van der Waals surface area (Å²) in [5.74, 6) is 1.21. The minimum absolute atomic E-state index is 0.0309. The zero-order valence-corrected chi connectivity index (χ0v) is 11.3. The van der Waals surface area contributed by atoms with Gasteiger partial charge < -0.3 is 15.8 Å². The second-order valence-corrected chi connectivity index (χ2v) is 4.53. The van der Waals surface area contributed by atoms with Crippen molar-refractivity contribution in [2.45, 2.75) is 26.2 Å². The fraction of sp³-hybridized carbons (Fsp3) is 0.500. The standard InChI is InChI=1S/C14H22N2O2/c1-10(2)11-4-5-13(18-3)12(8-11)6-7-16-14(17)9-15/h4-5,8,10H,6-7,9,15H2,1-3H3,(H,16,17). The molecule has 0 saturated carbocycles. The summed E-state index contributed by atoms with van der Waals surface area (Å²) < 4.78 is 5.33. The fourth-order valence-electron chi connectivity index (χ4n) is 1.76. The average Bonchev–Trinajstić information content (AvgIpc) is 2.38. The van der Waals surface area contributed by atoms with Crippen LogP contribution in [0.15, 0.2) is 18.2 Å². The summed E-state index contributed by atoms with van der Waals surface area (Å²) in [4.78, 5) is 11.1. The Kier molecular flexibility index (Phi) is 5.65. The molecule has 0 spiro atoms. The number of nitrogens with two attached hydrogens (primary N) is 1. The first-order valence-corrected chi connectivity index (χ1v) is 6.22. The van der Waals surface area contributed by atoms with Crippen molar-refractivity contribution < 1.29 is 9.53 Å². The van der Waals surface area contributed by atoms with Crippen molar-refractivity contribution in [3.8, 4) is 5.75 Å². The van der Waals surface area contributed by atoms with Gasteiger partial charge in [-0.2, -0.15) is 0 Å². The smallest absolute Gasteiger partial charge is 0.233 e. The number of nitrogens with one attached hydrogen (secondary N) is 1. The Hall–Kier alpha value is -1.55. The van der Waals surface area contributed by atoms with Gasteiger partial charge in [0.2, 0.25) is 5.91 Å². The molecular formula is C14H22N2O2. The van der Waals surface area contributed by atoms with Crippen LogP contribution in [0.1, 0.15) is 30.9 Å². The van der Waals surface area contributed by atoms with Crippen molar-refractivity contribution in [1.82, 2.24) is 5.32 Å². The predicted molar refractivity (Wildman–Crippen MR) is 72.9 cm³/mol. The van der Waals surface area contributed by atoms with Crippen LogP contribution in [0.5, 0.6) is 5.75 Å². The SMILES string of the molecule is COc1ccc(C(C)C)cc1CCNC(=O)CN. The maximum absolute atomic E-state index is 11.1. The lowest BCUT2D eigenvalue weighted by Crippen LogP contribution is -2.31. The van der Waals surface area contributed by atoms with Crippen LogP contribution in [-0.4, -0.2) is 26.1 Å². The molecule has 18 heavy (non-hydrogen) atoms. The summed E-state index contributed by atoms with van der Waals surface area (Å²) in [5.41, 5.74) is 7.62. The molecule has 4 heteroatoms. The van der Waals surface area contributed by atoms with Gasteiger partial charge in [0.05, 0.1) is 13.7 Å². The van der Waals surface area contributed by atoms with Crippen LogP contribution in [0.2, 0.25) is 0 Å². The molecule has 4 nitrogen and oxygen atoms in total. The Morgan fingerprint density at radius 2 is 2.17 bits per heavy atom. The summed E-state index contributed by atoms with van der Waals surface area (Å²) >= 11 is 0. The highest BCUT2D eigenvalue weighted by Gasteiger charge is 2.07. The van der Waals surface area contributed by atoms with Crippen molar-refractivity contribution in [3.05, 3.63) is 29.3 Å². The largest absolute Gasteiger partial charge is 0.496 e. The molecule has 0 saturated heterocycles. The summed E-state index contributed by atoms with van der Waals surface area (Å²) in [6.07, 6.45) is 0.746. The lowest BCUT2D eigenvalue weighted by molar-refractivity contribution is -0.119. The molecule has 0 unspecified atom stereocenters. The zero-order valence-electron chi connectivity index (χ0n) is 11.3. The molecule has 0 bridgehead atoms. The monoisotopic (exact) mass is 250 g/mol. The van der Waals surface area contributed by atoms with Gasteiger partial charge in [0.25, 0.3) is 0 Å². The van der Waals surface area contributed by atoms with Crippen LogP contribution < -0.4 is 15.8 Å². The lowest BCUT2D eigenvalue weighted by Gasteiger charge is -2.13. The van der Waals surface area contributed by atoms with Crippen LogP contribution >= 0.6 is 0 Å². The van der Waals surface area contributed by atoms with Gasteiger partial charge in [-0.25, -0.2) is 0 Å². The van der Waals surface area contributed by atoms with Gasteiger partial charge >= 0.3 is 0 Å². The van der Waals surface area contributed by atoms with E-state index in [1.54, 1.807) is 7.11 Å². The Morgan fingerprint density at radius 1 is 1.44 bits per heavy atom. The maximum Gasteiger partial charge on any atom is 0.233 e. The van der Waals surface area contributed by atoms with Crippen LogP contribution in [0.3, 0.4) is 0 Å². The molecule has 1 aromatic rings. The van der Waals surface area contributed by atoms with Crippen LogP contribution in [0.4, 0.5) is 0 Å². The number of carbonyl (C=O) groups excluding carboxylic acids is 1. The van der Waals surface area contributed by atoms with E-state index in [4.69, 9.17) is 10.5 Å². The zero-order chi connectivity index (χ0) is 13.5. The summed E-state index contributed by atoms with van der Waals surface area (Å²) in [6, 6.07) is 6.19. The predicted octanol–water partition coefficient (Wildman–Crippen LogP) is 1.44. The second kappa shape index (κ2) is 7.01. The highest BCUT2D eigenvalue weighted by atomic mass is 16.5. The first kappa shape index (κ1) is 14.5. The molecule has 0 aliphatic carbocycles. The van der Waals surface area contributed by atoms with Gasteiger partial charge in [0, 0.05) is 6.54 Å². The van der Waals surface area contributed by atoms with E-state index in [9.17, 15) is 4.79 Å². The van der Waals surface area contributed by atoms with Crippen LogP contribution in [0, 0.1) is 0 Å². The van der Waals surface area contributed by atoms with E-state index in [0.29, 0.717) is 12.5 Å². The molecule has 1 rings (SSSR count). The first-order valence-electron chi connectivity index (χ1n) is 6.22. The van der Waals surface area contributed by atoms with Gasteiger partial charge in [-0.3, -0.25) is 4.79 Å². The third kappa shape index (κ3) is 4.04. The number of hydrogen-bond acceptors (Lipinski definition) is 3. The maximum atomic E-state index is 11.1. The van der Waals surface area contributed by atoms with E-state index in [1.165, 1.54) is 5.56 Å². The van der Waals surface area contributed by atoms with Crippen molar-refractivity contribution in [1.29, 1.82) is 0 Å². The normalized spacial score (nSPS) is 10.5. The quantitative estimate of drug-likeness (QED) is 0.803. The van der Waals surface area contributed by atoms with Gasteiger partial charge in [-0.15, -0.1) is 0 Å². The Balaban J connectivity index is 2.72. The number of carbonyl (C=O) groups is 1. The molecule has 0 aromatic heterocycles. The third-order valence-electron chi connectivity index (χ3n) is 2.87. The lowest BCUT2D eigenvalue weighted by atomic mass is 9.99. The summed E-state index contributed by atoms with van der Waals surface area (Å²) in [7, 11) is 1.66. The molecule has 100 valence electrons. The minimum Gasteiger partial charge on any atom is -0.496 e. The molecule has 0 fully saturated rings. The van der Waals surface area contributed by atoms with Gasteiger partial charge in [0.15, 0.2) is 0 Å². The second-order valence-electron chi connectivity index (χ2n) is 4.53.